The molecule has 5 nitrogen and oxygen atoms in total. The molecule has 156 valence electrons. The number of benzene rings is 2. The van der Waals surface area contributed by atoms with Crippen LogP contribution in [-0.2, 0) is 10.2 Å². The van der Waals surface area contributed by atoms with Gasteiger partial charge in [-0.3, -0.25) is 4.79 Å². The van der Waals surface area contributed by atoms with E-state index in [2.05, 4.69) is 28.4 Å². The molecule has 2 aliphatic rings. The molecule has 1 amide bonds. The highest BCUT2D eigenvalue weighted by atomic mass is 32.1. The molecule has 30 heavy (non-hydrogen) atoms. The molecule has 5 rings (SSSR count). The minimum absolute atomic E-state index is 0.153. The summed E-state index contributed by atoms with van der Waals surface area (Å²) in [5, 5.41) is 4.37. The molecule has 2 fully saturated rings. The van der Waals surface area contributed by atoms with E-state index in [9.17, 15) is 4.79 Å². The number of carbonyl (C=O) groups is 1. The normalized spacial score (nSPS) is 18.4. The van der Waals surface area contributed by atoms with E-state index in [1.54, 1.807) is 18.4 Å². The molecule has 0 radical (unpaired) electrons. The van der Waals surface area contributed by atoms with Gasteiger partial charge in [-0.25, -0.2) is 4.98 Å². The Morgan fingerprint density at radius 2 is 1.90 bits per heavy atom. The molecule has 0 bridgehead atoms. The Hall–Kier alpha value is -2.60. The van der Waals surface area contributed by atoms with Crippen molar-refractivity contribution in [1.82, 2.24) is 10.3 Å². The Labute approximate surface area is 181 Å². The fraction of sp³-hybridized carbons (Fsp3) is 0.417. The van der Waals surface area contributed by atoms with E-state index in [-0.39, 0.29) is 5.91 Å². The van der Waals surface area contributed by atoms with Crippen molar-refractivity contribution in [1.29, 1.82) is 0 Å². The lowest BCUT2D eigenvalue weighted by molar-refractivity contribution is -0.123. The van der Waals surface area contributed by atoms with Gasteiger partial charge in [0, 0.05) is 25.2 Å². The number of rotatable bonds is 6. The molecular weight excluding hydrogens is 394 g/mol. The molecular formula is C24H27N3O2S. The van der Waals surface area contributed by atoms with Crippen LogP contribution in [-0.4, -0.2) is 37.6 Å². The molecule has 3 aromatic rings. The largest absolute Gasteiger partial charge is 0.496 e. The summed E-state index contributed by atoms with van der Waals surface area (Å²) in [5.74, 6) is 1.49. The first kappa shape index (κ1) is 19.4. The van der Waals surface area contributed by atoms with E-state index in [0.717, 1.165) is 67.3 Å². The van der Waals surface area contributed by atoms with Crippen molar-refractivity contribution in [2.24, 2.45) is 5.92 Å². The highest BCUT2D eigenvalue weighted by Gasteiger charge is 2.52. The number of piperidine rings is 1. The number of hydrogen-bond donors (Lipinski definition) is 1. The number of carbonyl (C=O) groups excluding carboxylic acids is 1. The predicted molar refractivity (Wildman–Crippen MR) is 121 cm³/mol. The van der Waals surface area contributed by atoms with Crippen LogP contribution in [0.15, 0.2) is 48.5 Å². The molecule has 0 spiro atoms. The van der Waals surface area contributed by atoms with Gasteiger partial charge in [-0.2, -0.15) is 0 Å². The van der Waals surface area contributed by atoms with E-state index in [1.807, 2.05) is 30.3 Å². The molecule has 2 aromatic carbocycles. The van der Waals surface area contributed by atoms with Crippen LogP contribution in [0.4, 0.5) is 5.13 Å². The Kier molecular flexibility index (Phi) is 5.11. The van der Waals surface area contributed by atoms with Crippen molar-refractivity contribution in [3.63, 3.8) is 0 Å². The van der Waals surface area contributed by atoms with Crippen LogP contribution in [0.1, 0.15) is 31.2 Å². The van der Waals surface area contributed by atoms with Gasteiger partial charge >= 0.3 is 0 Å². The third-order valence-corrected chi connectivity index (χ3v) is 7.62. The summed E-state index contributed by atoms with van der Waals surface area (Å²) in [6.45, 7) is 2.75. The summed E-state index contributed by atoms with van der Waals surface area (Å²) >= 11 is 1.77. The van der Waals surface area contributed by atoms with E-state index >= 15 is 0 Å². The maximum absolute atomic E-state index is 13.0. The zero-order valence-electron chi connectivity index (χ0n) is 17.3. The summed E-state index contributed by atoms with van der Waals surface area (Å²) in [5.41, 5.74) is 1.71. The topological polar surface area (TPSA) is 54.5 Å². The van der Waals surface area contributed by atoms with Gasteiger partial charge in [0.05, 0.1) is 22.7 Å². The molecule has 1 N–H and O–H groups in total. The van der Waals surface area contributed by atoms with Gasteiger partial charge in [0.2, 0.25) is 5.91 Å². The second kappa shape index (κ2) is 7.91. The molecule has 2 heterocycles. The fourth-order valence-corrected chi connectivity index (χ4v) is 5.53. The lowest BCUT2D eigenvalue weighted by Gasteiger charge is -2.32. The van der Waals surface area contributed by atoms with Crippen LogP contribution in [0, 0.1) is 5.92 Å². The number of ether oxygens (including phenoxy) is 1. The number of fused-ring (bicyclic) bond motifs is 1. The van der Waals surface area contributed by atoms with Crippen LogP contribution in [0.3, 0.4) is 0 Å². The van der Waals surface area contributed by atoms with Crippen molar-refractivity contribution in [2.45, 2.75) is 31.1 Å². The Bertz CT molecular complexity index is 1020. The van der Waals surface area contributed by atoms with Crippen molar-refractivity contribution >= 4 is 32.6 Å². The maximum atomic E-state index is 13.0. The number of para-hydroxylation sites is 2. The molecule has 1 saturated carbocycles. The van der Waals surface area contributed by atoms with Gasteiger partial charge in [-0.1, -0.05) is 41.7 Å². The summed E-state index contributed by atoms with van der Waals surface area (Å²) in [6.07, 6.45) is 3.96. The highest BCUT2D eigenvalue weighted by molar-refractivity contribution is 7.22. The molecule has 0 atom stereocenters. The zero-order valence-corrected chi connectivity index (χ0v) is 18.1. The number of hydrogen-bond acceptors (Lipinski definition) is 5. The van der Waals surface area contributed by atoms with E-state index < -0.39 is 5.41 Å². The number of anilines is 1. The van der Waals surface area contributed by atoms with Crippen LogP contribution < -0.4 is 15.0 Å². The van der Waals surface area contributed by atoms with Gasteiger partial charge in [0.1, 0.15) is 5.75 Å². The predicted octanol–water partition coefficient (Wildman–Crippen LogP) is 4.37. The first-order valence-electron chi connectivity index (χ1n) is 10.7. The molecule has 1 aliphatic carbocycles. The van der Waals surface area contributed by atoms with Crippen LogP contribution in [0.25, 0.3) is 10.2 Å². The van der Waals surface area contributed by atoms with Gasteiger partial charge < -0.3 is 15.0 Å². The van der Waals surface area contributed by atoms with Crippen molar-refractivity contribution in [3.8, 4) is 5.75 Å². The van der Waals surface area contributed by atoms with E-state index in [0.29, 0.717) is 5.92 Å². The molecule has 6 heteroatoms. The maximum Gasteiger partial charge on any atom is 0.230 e. The number of aromatic nitrogens is 1. The fourth-order valence-electron chi connectivity index (χ4n) is 4.51. The number of methoxy groups -OCH3 is 1. The Morgan fingerprint density at radius 3 is 2.63 bits per heavy atom. The van der Waals surface area contributed by atoms with E-state index in [4.69, 9.17) is 9.72 Å². The molecule has 1 aromatic heterocycles. The van der Waals surface area contributed by atoms with Gasteiger partial charge in [0.25, 0.3) is 0 Å². The second-order valence-corrected chi connectivity index (χ2v) is 9.40. The standard InChI is InChI=1S/C24H27N3O2S/c1-29-20-8-4-2-6-18(20)24(12-13-24)22(28)25-16-17-10-14-27(15-11-17)23-26-19-7-3-5-9-21(19)30-23/h2-9,17H,10-16H2,1H3,(H,25,28). The third kappa shape index (κ3) is 3.54. The van der Waals surface area contributed by atoms with Crippen molar-refractivity contribution in [2.75, 3.05) is 31.6 Å². The van der Waals surface area contributed by atoms with Gasteiger partial charge in [-0.05, 0) is 49.8 Å². The van der Waals surface area contributed by atoms with Gasteiger partial charge in [0.15, 0.2) is 5.13 Å². The summed E-state index contributed by atoms with van der Waals surface area (Å²) in [7, 11) is 1.67. The van der Waals surface area contributed by atoms with Crippen LogP contribution in [0.5, 0.6) is 5.75 Å². The average Bonchev–Trinajstić information content (AvgIpc) is 3.50. The summed E-state index contributed by atoms with van der Waals surface area (Å²) in [6, 6.07) is 16.2. The summed E-state index contributed by atoms with van der Waals surface area (Å²) < 4.78 is 6.74. The molecule has 1 aliphatic heterocycles. The smallest absolute Gasteiger partial charge is 0.230 e. The number of thiazole rings is 1. The Balaban J connectivity index is 1.17. The average molecular weight is 422 g/mol. The number of amides is 1. The quantitative estimate of drug-likeness (QED) is 0.642. The number of nitrogens with one attached hydrogen (secondary N) is 1. The zero-order chi connectivity index (χ0) is 20.6. The van der Waals surface area contributed by atoms with Crippen molar-refractivity contribution in [3.05, 3.63) is 54.1 Å². The third-order valence-electron chi connectivity index (χ3n) is 6.53. The number of nitrogens with zero attached hydrogens (tertiary/aromatic N) is 2. The summed E-state index contributed by atoms with van der Waals surface area (Å²) in [4.78, 5) is 20.2. The van der Waals surface area contributed by atoms with Crippen molar-refractivity contribution < 1.29 is 9.53 Å². The lowest BCUT2D eigenvalue weighted by Crippen LogP contribution is -2.41. The molecule has 1 saturated heterocycles. The first-order valence-corrected chi connectivity index (χ1v) is 11.5. The first-order chi connectivity index (χ1) is 14.7. The van der Waals surface area contributed by atoms with Crippen LogP contribution in [0.2, 0.25) is 0 Å². The van der Waals surface area contributed by atoms with Crippen LogP contribution >= 0.6 is 11.3 Å². The minimum atomic E-state index is -0.395. The minimum Gasteiger partial charge on any atom is -0.496 e. The van der Waals surface area contributed by atoms with Gasteiger partial charge in [-0.15, -0.1) is 0 Å². The Morgan fingerprint density at radius 1 is 1.17 bits per heavy atom. The molecule has 0 unspecified atom stereocenters. The lowest BCUT2D eigenvalue weighted by atomic mass is 9.92. The van der Waals surface area contributed by atoms with E-state index in [1.165, 1.54) is 4.70 Å². The monoisotopic (exact) mass is 421 g/mol. The SMILES string of the molecule is COc1ccccc1C1(C(=O)NCC2CCN(c3nc4ccccc4s3)CC2)CC1. The second-order valence-electron chi connectivity index (χ2n) is 8.39. The highest BCUT2D eigenvalue weighted by Crippen LogP contribution is 2.51.